The molecule has 1 N–H and O–H groups in total. The van der Waals surface area contributed by atoms with E-state index >= 15 is 0 Å². The van der Waals surface area contributed by atoms with Crippen LogP contribution in [-0.4, -0.2) is 62.7 Å². The Morgan fingerprint density at radius 1 is 1.38 bits per heavy atom. The van der Waals surface area contributed by atoms with Gasteiger partial charge in [0.15, 0.2) is 5.76 Å². The van der Waals surface area contributed by atoms with Crippen LogP contribution >= 0.6 is 0 Å². The van der Waals surface area contributed by atoms with Crippen molar-refractivity contribution in [3.8, 4) is 0 Å². The van der Waals surface area contributed by atoms with Crippen LogP contribution in [0.4, 0.5) is 0 Å². The minimum Gasteiger partial charge on any atom is -0.481 e. The lowest BCUT2D eigenvalue weighted by atomic mass is 9.81. The Morgan fingerprint density at radius 2 is 2.19 bits per heavy atom. The van der Waals surface area contributed by atoms with Crippen LogP contribution in [0.15, 0.2) is 28.9 Å². The van der Waals surface area contributed by atoms with Crippen LogP contribution in [0.3, 0.4) is 0 Å². The van der Waals surface area contributed by atoms with Crippen LogP contribution in [0.2, 0.25) is 0 Å². The summed E-state index contributed by atoms with van der Waals surface area (Å²) in [6, 6.07) is 5.45. The molecule has 0 bridgehead atoms. The van der Waals surface area contributed by atoms with Gasteiger partial charge in [-0.15, -0.1) is 0 Å². The predicted octanol–water partition coefficient (Wildman–Crippen LogP) is 0.980. The van der Waals surface area contributed by atoms with E-state index in [0.29, 0.717) is 31.9 Å². The molecule has 0 radical (unpaired) electrons. The Hall–Kier alpha value is -2.61. The van der Waals surface area contributed by atoms with Gasteiger partial charge < -0.3 is 19.1 Å². The standard InChI is InChI=1S/C18H22N4O4/c1-12-6-14(26-19-12)9-21-7-13-8-22(11-18(13,10-21)17(24)25)16(23)15-4-3-5-20(15)2/h3-6,13H,7-11H2,1-2H3,(H,24,25)/t13-,18-/m0/s1. The number of nitrogens with zero attached hydrogens (tertiary/aromatic N) is 4. The highest BCUT2D eigenvalue weighted by Gasteiger charge is 2.58. The lowest BCUT2D eigenvalue weighted by Gasteiger charge is -2.25. The topological polar surface area (TPSA) is 91.8 Å². The molecule has 2 aliphatic rings. The summed E-state index contributed by atoms with van der Waals surface area (Å²) in [5, 5.41) is 13.8. The second-order valence-corrected chi connectivity index (χ2v) is 7.45. The summed E-state index contributed by atoms with van der Waals surface area (Å²) in [4.78, 5) is 28.7. The first kappa shape index (κ1) is 16.8. The molecule has 2 aromatic heterocycles. The van der Waals surface area contributed by atoms with Gasteiger partial charge in [-0.25, -0.2) is 0 Å². The van der Waals surface area contributed by atoms with Crippen LogP contribution in [0.1, 0.15) is 21.9 Å². The molecular formula is C18H22N4O4. The van der Waals surface area contributed by atoms with Crippen LogP contribution < -0.4 is 0 Å². The number of likely N-dealkylation sites (tertiary alicyclic amines) is 2. The molecule has 0 spiro atoms. The molecule has 2 fully saturated rings. The lowest BCUT2D eigenvalue weighted by Crippen LogP contribution is -2.42. The highest BCUT2D eigenvalue weighted by Crippen LogP contribution is 2.43. The van der Waals surface area contributed by atoms with Crippen LogP contribution in [0, 0.1) is 18.3 Å². The Morgan fingerprint density at radius 3 is 2.77 bits per heavy atom. The summed E-state index contributed by atoms with van der Waals surface area (Å²) in [5.74, 6) is -0.293. The minimum absolute atomic E-state index is 0.0896. The summed E-state index contributed by atoms with van der Waals surface area (Å²) in [5.41, 5.74) is 0.474. The maximum absolute atomic E-state index is 12.8. The molecule has 1 amide bonds. The van der Waals surface area contributed by atoms with E-state index in [9.17, 15) is 14.7 Å². The van der Waals surface area contributed by atoms with Crippen molar-refractivity contribution in [2.75, 3.05) is 26.2 Å². The second kappa shape index (κ2) is 5.98. The minimum atomic E-state index is -0.921. The smallest absolute Gasteiger partial charge is 0.313 e. The van der Waals surface area contributed by atoms with Gasteiger partial charge in [-0.1, -0.05) is 5.16 Å². The number of carboxylic acid groups (broad SMARTS) is 1. The maximum Gasteiger partial charge on any atom is 0.313 e. The van der Waals surface area contributed by atoms with E-state index in [-0.39, 0.29) is 18.4 Å². The number of aliphatic carboxylic acids is 1. The molecule has 2 saturated heterocycles. The molecule has 0 saturated carbocycles. The van der Waals surface area contributed by atoms with Crippen molar-refractivity contribution in [2.45, 2.75) is 13.5 Å². The summed E-state index contributed by atoms with van der Waals surface area (Å²) in [6.45, 7) is 4.13. The molecular weight excluding hydrogens is 336 g/mol. The number of aryl methyl sites for hydroxylation is 2. The lowest BCUT2D eigenvalue weighted by molar-refractivity contribution is -0.148. The van der Waals surface area contributed by atoms with Crippen LogP contribution in [0.5, 0.6) is 0 Å². The third-order valence-electron chi connectivity index (χ3n) is 5.61. The zero-order valence-electron chi connectivity index (χ0n) is 14.9. The van der Waals surface area contributed by atoms with Crippen molar-refractivity contribution in [1.29, 1.82) is 0 Å². The van der Waals surface area contributed by atoms with Gasteiger partial charge in [-0.3, -0.25) is 14.5 Å². The average molecular weight is 358 g/mol. The van der Waals surface area contributed by atoms with Crippen molar-refractivity contribution in [1.82, 2.24) is 19.5 Å². The fraction of sp³-hybridized carbons (Fsp3) is 0.500. The zero-order valence-corrected chi connectivity index (χ0v) is 14.9. The number of carboxylic acids is 1. The summed E-state index contributed by atoms with van der Waals surface area (Å²) in [7, 11) is 1.82. The van der Waals surface area contributed by atoms with Gasteiger partial charge in [0.2, 0.25) is 0 Å². The van der Waals surface area contributed by atoms with E-state index in [0.717, 1.165) is 11.5 Å². The molecule has 2 aromatic rings. The molecule has 0 aliphatic carbocycles. The predicted molar refractivity (Wildman–Crippen MR) is 91.4 cm³/mol. The average Bonchev–Trinajstić information content (AvgIpc) is 3.31. The third kappa shape index (κ3) is 2.61. The molecule has 2 aliphatic heterocycles. The van der Waals surface area contributed by atoms with E-state index in [4.69, 9.17) is 4.52 Å². The second-order valence-electron chi connectivity index (χ2n) is 7.45. The largest absolute Gasteiger partial charge is 0.481 e. The van der Waals surface area contributed by atoms with Gasteiger partial charge in [0.05, 0.1) is 12.2 Å². The molecule has 8 heteroatoms. The fourth-order valence-corrected chi connectivity index (χ4v) is 4.30. The number of carbonyl (C=O) groups excluding carboxylic acids is 1. The number of rotatable bonds is 4. The highest BCUT2D eigenvalue weighted by atomic mass is 16.5. The zero-order chi connectivity index (χ0) is 18.5. The number of aromatic nitrogens is 2. The van der Waals surface area contributed by atoms with Crippen LogP contribution in [0.25, 0.3) is 0 Å². The Balaban J connectivity index is 1.51. The SMILES string of the molecule is Cc1cc(CN2C[C@H]3CN(C(=O)c4cccn4C)C[C@@]3(C(=O)O)C2)on1. The van der Waals surface area contributed by atoms with Gasteiger partial charge in [0.1, 0.15) is 11.1 Å². The van der Waals surface area contributed by atoms with E-state index in [1.807, 2.05) is 32.3 Å². The fourth-order valence-electron chi connectivity index (χ4n) is 4.30. The molecule has 0 unspecified atom stereocenters. The third-order valence-corrected chi connectivity index (χ3v) is 5.61. The van der Waals surface area contributed by atoms with Gasteiger partial charge in [0.25, 0.3) is 5.91 Å². The van der Waals surface area contributed by atoms with E-state index in [2.05, 4.69) is 10.1 Å². The van der Waals surface area contributed by atoms with E-state index in [1.165, 1.54) is 0 Å². The molecule has 4 rings (SSSR count). The maximum atomic E-state index is 12.8. The number of amides is 1. The van der Waals surface area contributed by atoms with Crippen molar-refractivity contribution < 1.29 is 19.2 Å². The van der Waals surface area contributed by atoms with Gasteiger partial charge in [0, 0.05) is 51.4 Å². The van der Waals surface area contributed by atoms with Crippen molar-refractivity contribution >= 4 is 11.9 Å². The number of fused-ring (bicyclic) bond motifs is 1. The quantitative estimate of drug-likeness (QED) is 0.876. The first-order valence-electron chi connectivity index (χ1n) is 8.67. The van der Waals surface area contributed by atoms with Crippen molar-refractivity contribution in [2.24, 2.45) is 18.4 Å². The van der Waals surface area contributed by atoms with Crippen molar-refractivity contribution in [3.05, 3.63) is 41.5 Å². The first-order valence-corrected chi connectivity index (χ1v) is 8.67. The van der Waals surface area contributed by atoms with Crippen molar-refractivity contribution in [3.63, 3.8) is 0 Å². The molecule has 2 atom stereocenters. The molecule has 138 valence electrons. The number of hydrogen-bond acceptors (Lipinski definition) is 5. The van der Waals surface area contributed by atoms with Gasteiger partial charge >= 0.3 is 5.97 Å². The monoisotopic (exact) mass is 358 g/mol. The summed E-state index contributed by atoms with van der Waals surface area (Å²) >= 11 is 0. The summed E-state index contributed by atoms with van der Waals surface area (Å²) < 4.78 is 7.02. The highest BCUT2D eigenvalue weighted by molar-refractivity contribution is 5.94. The molecule has 8 nitrogen and oxygen atoms in total. The molecule has 0 aromatic carbocycles. The Kier molecular flexibility index (Phi) is 3.87. The Labute approximate surface area is 151 Å². The number of hydrogen-bond donors (Lipinski definition) is 1. The van der Waals surface area contributed by atoms with E-state index in [1.54, 1.807) is 15.5 Å². The first-order chi connectivity index (χ1) is 12.4. The van der Waals surface area contributed by atoms with Crippen LogP contribution in [-0.2, 0) is 18.4 Å². The number of carbonyl (C=O) groups is 2. The molecule has 26 heavy (non-hydrogen) atoms. The van der Waals surface area contributed by atoms with Gasteiger partial charge in [-0.05, 0) is 19.1 Å². The normalized spacial score (nSPS) is 25.6. The molecule has 4 heterocycles. The summed E-state index contributed by atoms with van der Waals surface area (Å²) in [6.07, 6.45) is 1.82. The Bertz CT molecular complexity index is 857. The van der Waals surface area contributed by atoms with E-state index < -0.39 is 11.4 Å². The van der Waals surface area contributed by atoms with Gasteiger partial charge in [-0.2, -0.15) is 0 Å².